The van der Waals surface area contributed by atoms with E-state index in [1.165, 1.54) is 12.1 Å². The van der Waals surface area contributed by atoms with Crippen molar-refractivity contribution in [2.24, 2.45) is 0 Å². The molecule has 0 aliphatic rings. The quantitative estimate of drug-likeness (QED) is 0.171. The van der Waals surface area contributed by atoms with E-state index in [0.29, 0.717) is 0 Å². The zero-order valence-electron chi connectivity index (χ0n) is 11.8. The number of nitro groups is 1. The lowest BCUT2D eigenvalue weighted by atomic mass is 10.1. The van der Waals surface area contributed by atoms with E-state index >= 15 is 0 Å². The van der Waals surface area contributed by atoms with E-state index < -0.39 is 28.3 Å². The lowest BCUT2D eigenvalue weighted by molar-refractivity contribution is -0.908. The maximum absolute atomic E-state index is 13.4. The second-order valence-electron chi connectivity index (χ2n) is 4.47. The van der Waals surface area contributed by atoms with Crippen LogP contribution in [-0.4, -0.2) is 16.1 Å². The van der Waals surface area contributed by atoms with E-state index in [0.717, 1.165) is 18.2 Å². The number of benzene rings is 1. The number of hydrogen-bond acceptors (Lipinski definition) is 6. The summed E-state index contributed by atoms with van der Waals surface area (Å²) >= 11 is 5.52. The van der Waals surface area contributed by atoms with Gasteiger partial charge in [-0.15, -0.1) is 0 Å². The zero-order chi connectivity index (χ0) is 17.9. The molecular formula is C14H8ClFN3O5+. The first-order valence-corrected chi connectivity index (χ1v) is 6.68. The lowest BCUT2D eigenvalue weighted by Gasteiger charge is -2.04. The molecule has 1 heterocycles. The van der Waals surface area contributed by atoms with E-state index in [1.807, 2.05) is 0 Å². The predicted octanol–water partition coefficient (Wildman–Crippen LogP) is 1.93. The normalized spacial score (nSPS) is 10.0. The molecule has 1 aromatic carbocycles. The van der Waals surface area contributed by atoms with Crippen LogP contribution in [0, 0.1) is 27.3 Å². The van der Waals surface area contributed by atoms with Crippen molar-refractivity contribution in [2.75, 3.05) is 0 Å². The topological polar surface area (TPSA) is 117 Å². The largest absolute Gasteiger partial charge is 0.426 e. The van der Waals surface area contributed by atoms with Gasteiger partial charge >= 0.3 is 11.1 Å². The summed E-state index contributed by atoms with van der Waals surface area (Å²) in [6.07, 6.45) is -0.573. The van der Waals surface area contributed by atoms with Crippen LogP contribution in [0.25, 0.3) is 0 Å². The first kappa shape index (κ1) is 17.1. The van der Waals surface area contributed by atoms with Gasteiger partial charge in [-0.25, -0.2) is 0 Å². The van der Waals surface area contributed by atoms with Crippen molar-refractivity contribution >= 4 is 23.3 Å². The number of ether oxygens (including phenoxy) is 1. The molecule has 1 aromatic heterocycles. The van der Waals surface area contributed by atoms with Crippen molar-refractivity contribution in [3.63, 3.8) is 0 Å². The van der Waals surface area contributed by atoms with Crippen LogP contribution < -0.4 is 9.47 Å². The van der Waals surface area contributed by atoms with Crippen molar-refractivity contribution in [3.05, 3.63) is 62.7 Å². The van der Waals surface area contributed by atoms with Gasteiger partial charge in [-0.3, -0.25) is 20.1 Å². The first-order chi connectivity index (χ1) is 11.3. The van der Waals surface area contributed by atoms with Gasteiger partial charge in [0.15, 0.2) is 0 Å². The van der Waals surface area contributed by atoms with E-state index in [2.05, 4.69) is 0 Å². The van der Waals surface area contributed by atoms with E-state index in [1.54, 1.807) is 6.07 Å². The molecule has 0 saturated heterocycles. The number of nitro benzene ring substituents is 1. The minimum Gasteiger partial charge on any atom is -0.426 e. The fraction of sp³-hybridized carbons (Fsp3) is 0.0714. The Morgan fingerprint density at radius 3 is 2.62 bits per heavy atom. The van der Waals surface area contributed by atoms with Crippen LogP contribution in [0.1, 0.15) is 11.3 Å². The molecule has 0 spiro atoms. The molecule has 24 heavy (non-hydrogen) atoms. The van der Waals surface area contributed by atoms with Gasteiger partial charge in [0, 0.05) is 22.9 Å². The summed E-state index contributed by atoms with van der Waals surface area (Å²) in [5.41, 5.74) is -0.726. The Balaban J connectivity index is 2.20. The summed E-state index contributed by atoms with van der Waals surface area (Å²) in [4.78, 5) is 21.8. The third kappa shape index (κ3) is 3.56. The Labute approximate surface area is 139 Å². The predicted molar refractivity (Wildman–Crippen MR) is 75.9 cm³/mol. The molecule has 2 aromatic rings. The Kier molecular flexibility index (Phi) is 4.91. The average Bonchev–Trinajstić information content (AvgIpc) is 2.55. The number of esters is 1. The minimum atomic E-state index is -1.02. The molecule has 0 amide bonds. The molecule has 0 bridgehead atoms. The molecule has 0 saturated carbocycles. The molecule has 2 rings (SSSR count). The number of halogens is 2. The number of non-ortho nitro benzene ring substituents is 1. The first-order valence-electron chi connectivity index (χ1n) is 6.31. The summed E-state index contributed by atoms with van der Waals surface area (Å²) in [6, 6.07) is 7.13. The minimum absolute atomic E-state index is 0.0295. The highest BCUT2D eigenvalue weighted by Gasteiger charge is 2.28. The number of aromatic nitrogens is 1. The van der Waals surface area contributed by atoms with Crippen LogP contribution in [0.4, 0.5) is 10.1 Å². The summed E-state index contributed by atoms with van der Waals surface area (Å²) < 4.78 is 18.5. The van der Waals surface area contributed by atoms with Crippen molar-refractivity contribution < 1.29 is 28.8 Å². The van der Waals surface area contributed by atoms with E-state index in [4.69, 9.17) is 21.6 Å². The molecule has 0 fully saturated rings. The fourth-order valence-electron chi connectivity index (χ4n) is 1.81. The van der Waals surface area contributed by atoms with Gasteiger partial charge in [0.1, 0.15) is 23.8 Å². The standard InChI is InChI=1S/C14H8ClFN3O5/c15-14-11(16)5-8(7-17)12(18(14)21)6-13(20)24-10-3-1-9(2-4-10)19(22)23/h1-5,21H,6H2/q+1. The van der Waals surface area contributed by atoms with Crippen LogP contribution >= 0.6 is 11.6 Å². The van der Waals surface area contributed by atoms with Crippen LogP contribution in [0.5, 0.6) is 5.75 Å². The molecular weight excluding hydrogens is 345 g/mol. The highest BCUT2D eigenvalue weighted by molar-refractivity contribution is 6.28. The van der Waals surface area contributed by atoms with Crippen molar-refractivity contribution in [1.29, 1.82) is 5.26 Å². The van der Waals surface area contributed by atoms with Crippen molar-refractivity contribution in [1.82, 2.24) is 0 Å². The molecule has 0 radical (unpaired) electrons. The van der Waals surface area contributed by atoms with Gasteiger partial charge in [-0.2, -0.15) is 9.65 Å². The monoisotopic (exact) mass is 352 g/mol. The van der Waals surface area contributed by atoms with Crippen LogP contribution in [0.15, 0.2) is 30.3 Å². The maximum Gasteiger partial charge on any atom is 0.361 e. The van der Waals surface area contributed by atoms with Crippen molar-refractivity contribution in [3.8, 4) is 11.8 Å². The second-order valence-corrected chi connectivity index (χ2v) is 4.83. The number of rotatable bonds is 4. The number of pyridine rings is 1. The fourth-order valence-corrected chi connectivity index (χ4v) is 1.97. The molecule has 0 aliphatic carbocycles. The Morgan fingerprint density at radius 2 is 2.08 bits per heavy atom. The molecule has 0 aliphatic heterocycles. The summed E-state index contributed by atoms with van der Waals surface area (Å²) in [7, 11) is 0. The van der Waals surface area contributed by atoms with E-state index in [-0.39, 0.29) is 27.4 Å². The SMILES string of the molecule is N#Cc1cc(F)c(Cl)[n+](O)c1CC(=O)Oc1ccc([N+](=O)[O-])cc1. The molecule has 0 atom stereocenters. The van der Waals surface area contributed by atoms with Gasteiger partial charge in [0.25, 0.3) is 11.4 Å². The molecule has 10 heteroatoms. The van der Waals surface area contributed by atoms with Crippen LogP contribution in [-0.2, 0) is 11.2 Å². The second kappa shape index (κ2) is 6.89. The molecule has 1 N–H and O–H groups in total. The third-order valence-corrected chi connectivity index (χ3v) is 3.27. The molecule has 122 valence electrons. The lowest BCUT2D eigenvalue weighted by Crippen LogP contribution is -2.40. The van der Waals surface area contributed by atoms with Crippen LogP contribution in [0.2, 0.25) is 5.15 Å². The average molecular weight is 353 g/mol. The number of hydrogen-bond donors (Lipinski definition) is 1. The maximum atomic E-state index is 13.4. The Morgan fingerprint density at radius 1 is 1.46 bits per heavy atom. The summed E-state index contributed by atoms with van der Waals surface area (Å²) in [6.45, 7) is 0. The van der Waals surface area contributed by atoms with Gasteiger partial charge in [0.2, 0.25) is 5.82 Å². The van der Waals surface area contributed by atoms with Gasteiger partial charge in [0.05, 0.1) is 4.92 Å². The Bertz CT molecular complexity index is 864. The molecule has 8 nitrogen and oxygen atoms in total. The third-order valence-electron chi connectivity index (χ3n) is 2.93. The van der Waals surface area contributed by atoms with Gasteiger partial charge < -0.3 is 4.74 Å². The molecule has 0 unspecified atom stereocenters. The van der Waals surface area contributed by atoms with Gasteiger partial charge in [-0.05, 0) is 23.7 Å². The highest BCUT2D eigenvalue weighted by atomic mass is 35.5. The van der Waals surface area contributed by atoms with E-state index in [9.17, 15) is 24.5 Å². The number of carbonyl (C=O) groups is 1. The highest BCUT2D eigenvalue weighted by Crippen LogP contribution is 2.19. The number of nitrogens with zero attached hydrogens (tertiary/aromatic N) is 3. The Hall–Kier alpha value is -3.25. The number of nitriles is 1. The zero-order valence-corrected chi connectivity index (χ0v) is 12.5. The summed E-state index contributed by atoms with van der Waals surface area (Å²) in [5.74, 6) is -1.88. The van der Waals surface area contributed by atoms with Crippen molar-refractivity contribution in [2.45, 2.75) is 6.42 Å². The van der Waals surface area contributed by atoms with Crippen LogP contribution in [0.3, 0.4) is 0 Å². The number of carbonyl (C=O) groups excluding carboxylic acids is 1. The van der Waals surface area contributed by atoms with Gasteiger partial charge in [-0.1, -0.05) is 0 Å². The smallest absolute Gasteiger partial charge is 0.361 e. The summed E-state index contributed by atoms with van der Waals surface area (Å²) in [5, 5.41) is 28.5.